The van der Waals surface area contributed by atoms with Crippen LogP contribution in [0, 0.1) is 17.3 Å². The number of unbranched alkanes of at least 4 members (excludes halogenated alkanes) is 5. The zero-order valence-electron chi connectivity index (χ0n) is 15.5. The molecule has 0 bridgehead atoms. The van der Waals surface area contributed by atoms with Crippen LogP contribution in [0.25, 0.3) is 0 Å². The van der Waals surface area contributed by atoms with Gasteiger partial charge in [-0.25, -0.2) is 0 Å². The lowest BCUT2D eigenvalue weighted by Crippen LogP contribution is -2.06. The highest BCUT2D eigenvalue weighted by Crippen LogP contribution is 2.22. The summed E-state index contributed by atoms with van der Waals surface area (Å²) in [7, 11) is 0. The molecule has 1 rings (SSSR count). The first-order valence-corrected chi connectivity index (χ1v) is 9.19. The average Bonchev–Trinajstić information content (AvgIpc) is 2.52. The van der Waals surface area contributed by atoms with E-state index in [0.29, 0.717) is 0 Å². The Morgan fingerprint density at radius 3 is 2.26 bits per heavy atom. The van der Waals surface area contributed by atoms with Crippen LogP contribution in [0.2, 0.25) is 0 Å². The van der Waals surface area contributed by atoms with Crippen molar-refractivity contribution >= 4 is 0 Å². The third-order valence-electron chi connectivity index (χ3n) is 3.74. The Morgan fingerprint density at radius 2 is 1.61 bits per heavy atom. The molecule has 0 aliphatic carbocycles. The lowest BCUT2D eigenvalue weighted by molar-refractivity contribution is 0.0532. The molecule has 0 aliphatic heterocycles. The standard InChI is InChI=1S/C22H34O/c1-5-6-7-8-9-13-19-23-21(17-14-18-22(2,3)4)20-15-11-10-12-16-20/h10-12,15-16,21H,5-9,13,17,19H2,1-4H3. The van der Waals surface area contributed by atoms with Gasteiger partial charge in [-0.05, 0) is 32.8 Å². The Balaban J connectivity index is 2.44. The van der Waals surface area contributed by atoms with Crippen molar-refractivity contribution in [3.8, 4) is 11.8 Å². The fourth-order valence-corrected chi connectivity index (χ4v) is 2.46. The normalized spacial score (nSPS) is 12.5. The highest BCUT2D eigenvalue weighted by Gasteiger charge is 2.11. The minimum atomic E-state index is 0.0561. The fourth-order valence-electron chi connectivity index (χ4n) is 2.46. The van der Waals surface area contributed by atoms with Crippen molar-refractivity contribution in [3.05, 3.63) is 35.9 Å². The van der Waals surface area contributed by atoms with Crippen LogP contribution in [-0.4, -0.2) is 6.61 Å². The van der Waals surface area contributed by atoms with Crippen LogP contribution in [0.4, 0.5) is 0 Å². The summed E-state index contributed by atoms with van der Waals surface area (Å²) in [5.41, 5.74) is 1.29. The second-order valence-electron chi connectivity index (χ2n) is 7.29. The fraction of sp³-hybridized carbons (Fsp3) is 0.636. The maximum atomic E-state index is 6.15. The quantitative estimate of drug-likeness (QED) is 0.352. The maximum absolute atomic E-state index is 6.15. The molecule has 0 spiro atoms. The largest absolute Gasteiger partial charge is 0.373 e. The number of ether oxygens (including phenoxy) is 1. The summed E-state index contributed by atoms with van der Waals surface area (Å²) in [5.74, 6) is 6.63. The molecule has 0 amide bonds. The van der Waals surface area contributed by atoms with Gasteiger partial charge >= 0.3 is 0 Å². The smallest absolute Gasteiger partial charge is 0.0934 e. The summed E-state index contributed by atoms with van der Waals surface area (Å²) in [4.78, 5) is 0. The molecule has 1 heteroatoms. The first-order chi connectivity index (χ1) is 11.0. The minimum Gasteiger partial charge on any atom is -0.373 e. The van der Waals surface area contributed by atoms with E-state index >= 15 is 0 Å². The van der Waals surface area contributed by atoms with E-state index in [-0.39, 0.29) is 11.5 Å². The first-order valence-electron chi connectivity index (χ1n) is 9.19. The molecule has 0 aliphatic rings. The average molecular weight is 315 g/mol. The monoisotopic (exact) mass is 314 g/mol. The topological polar surface area (TPSA) is 9.23 Å². The highest BCUT2D eigenvalue weighted by atomic mass is 16.5. The van der Waals surface area contributed by atoms with Crippen molar-refractivity contribution < 1.29 is 4.74 Å². The second-order valence-corrected chi connectivity index (χ2v) is 7.29. The third-order valence-corrected chi connectivity index (χ3v) is 3.74. The van der Waals surface area contributed by atoms with Crippen LogP contribution < -0.4 is 0 Å². The zero-order valence-corrected chi connectivity index (χ0v) is 15.5. The summed E-state index contributed by atoms with van der Waals surface area (Å²) in [6, 6.07) is 10.5. The van der Waals surface area contributed by atoms with Gasteiger partial charge in [0, 0.05) is 18.4 Å². The summed E-state index contributed by atoms with van der Waals surface area (Å²) in [5, 5.41) is 0. The Labute approximate surface area is 143 Å². The predicted octanol–water partition coefficient (Wildman–Crippen LogP) is 6.54. The molecule has 0 radical (unpaired) electrons. The van der Waals surface area contributed by atoms with Crippen LogP contribution in [0.15, 0.2) is 30.3 Å². The number of hydrogen-bond acceptors (Lipinski definition) is 1. The highest BCUT2D eigenvalue weighted by molar-refractivity contribution is 5.20. The lowest BCUT2D eigenvalue weighted by atomic mass is 9.97. The molecule has 1 unspecified atom stereocenters. The molecule has 0 saturated carbocycles. The summed E-state index contributed by atoms with van der Waals surface area (Å²) < 4.78 is 6.15. The molecule has 0 aromatic heterocycles. The van der Waals surface area contributed by atoms with E-state index < -0.39 is 0 Å². The predicted molar refractivity (Wildman–Crippen MR) is 100 cm³/mol. The Hall–Kier alpha value is -1.26. The SMILES string of the molecule is CCCCCCCCOC(CC#CC(C)(C)C)c1ccccc1. The third kappa shape index (κ3) is 10.2. The number of benzene rings is 1. The molecule has 0 heterocycles. The van der Waals surface area contributed by atoms with Gasteiger partial charge in [-0.2, -0.15) is 0 Å². The number of hydrogen-bond donors (Lipinski definition) is 0. The van der Waals surface area contributed by atoms with Gasteiger partial charge in [0.25, 0.3) is 0 Å². The van der Waals surface area contributed by atoms with Gasteiger partial charge < -0.3 is 4.74 Å². The van der Waals surface area contributed by atoms with E-state index in [1.165, 1.54) is 37.7 Å². The van der Waals surface area contributed by atoms with E-state index in [1.807, 2.05) is 0 Å². The molecule has 1 atom stereocenters. The molecular formula is C22H34O. The van der Waals surface area contributed by atoms with Gasteiger partial charge in [0.05, 0.1) is 6.10 Å². The molecule has 0 fully saturated rings. The van der Waals surface area contributed by atoms with Gasteiger partial charge in [0.1, 0.15) is 0 Å². The van der Waals surface area contributed by atoms with E-state index in [1.54, 1.807) is 0 Å². The molecule has 0 saturated heterocycles. The zero-order chi connectivity index (χ0) is 17.0. The van der Waals surface area contributed by atoms with Crippen molar-refractivity contribution in [2.75, 3.05) is 6.61 Å². The number of rotatable bonds is 10. The van der Waals surface area contributed by atoms with Gasteiger partial charge in [0.15, 0.2) is 0 Å². The molecule has 0 N–H and O–H groups in total. The molecular weight excluding hydrogens is 280 g/mol. The Bertz CT molecular complexity index is 458. The first kappa shape index (κ1) is 19.8. The van der Waals surface area contributed by atoms with Crippen LogP contribution in [0.3, 0.4) is 0 Å². The Kier molecular flexibility index (Phi) is 9.72. The molecule has 23 heavy (non-hydrogen) atoms. The molecule has 1 nitrogen and oxygen atoms in total. The van der Waals surface area contributed by atoms with Crippen molar-refractivity contribution in [2.24, 2.45) is 5.41 Å². The van der Waals surface area contributed by atoms with E-state index in [0.717, 1.165) is 19.4 Å². The lowest BCUT2D eigenvalue weighted by Gasteiger charge is -2.16. The van der Waals surface area contributed by atoms with Crippen LogP contribution in [0.1, 0.15) is 84.3 Å². The van der Waals surface area contributed by atoms with Gasteiger partial charge in [-0.3, -0.25) is 0 Å². The Morgan fingerprint density at radius 1 is 0.957 bits per heavy atom. The van der Waals surface area contributed by atoms with E-state index in [2.05, 4.69) is 69.9 Å². The molecule has 128 valence electrons. The minimum absolute atomic E-state index is 0.0561. The van der Waals surface area contributed by atoms with E-state index in [9.17, 15) is 0 Å². The van der Waals surface area contributed by atoms with Crippen molar-refractivity contribution in [3.63, 3.8) is 0 Å². The summed E-state index contributed by atoms with van der Waals surface area (Å²) in [6.45, 7) is 9.53. The summed E-state index contributed by atoms with van der Waals surface area (Å²) >= 11 is 0. The van der Waals surface area contributed by atoms with Crippen molar-refractivity contribution in [1.29, 1.82) is 0 Å². The van der Waals surface area contributed by atoms with Crippen LogP contribution in [-0.2, 0) is 4.74 Å². The van der Waals surface area contributed by atoms with E-state index in [4.69, 9.17) is 4.74 Å². The second kappa shape index (κ2) is 11.3. The van der Waals surface area contributed by atoms with Gasteiger partial charge in [-0.1, -0.05) is 81.2 Å². The summed E-state index contributed by atoms with van der Waals surface area (Å²) in [6.07, 6.45) is 8.65. The van der Waals surface area contributed by atoms with Crippen molar-refractivity contribution in [1.82, 2.24) is 0 Å². The van der Waals surface area contributed by atoms with Gasteiger partial charge in [-0.15, -0.1) is 0 Å². The molecule has 1 aromatic rings. The van der Waals surface area contributed by atoms with Gasteiger partial charge in [0.2, 0.25) is 0 Å². The maximum Gasteiger partial charge on any atom is 0.0934 e. The molecule has 1 aromatic carbocycles. The van der Waals surface area contributed by atoms with Crippen LogP contribution in [0.5, 0.6) is 0 Å². The van der Waals surface area contributed by atoms with Crippen LogP contribution >= 0.6 is 0 Å². The van der Waals surface area contributed by atoms with Crippen molar-refractivity contribution in [2.45, 2.75) is 78.7 Å².